The zero-order valence-corrected chi connectivity index (χ0v) is 14.7. The molecular formula is C18H25ClN2O2. The van der Waals surface area contributed by atoms with Crippen LogP contribution < -0.4 is 4.74 Å². The topological polar surface area (TPSA) is 32.8 Å². The van der Waals surface area contributed by atoms with Crippen molar-refractivity contribution in [3.63, 3.8) is 0 Å². The maximum Gasteiger partial charge on any atom is 0.257 e. The fourth-order valence-electron chi connectivity index (χ4n) is 3.53. The molecule has 0 bridgehead atoms. The molecule has 1 atom stereocenters. The smallest absolute Gasteiger partial charge is 0.257 e. The number of likely N-dealkylation sites (tertiary alicyclic amines) is 2. The maximum atomic E-state index is 12.9. The molecule has 0 aromatic heterocycles. The maximum absolute atomic E-state index is 12.9. The monoisotopic (exact) mass is 336 g/mol. The van der Waals surface area contributed by atoms with Gasteiger partial charge in [0, 0.05) is 24.2 Å². The Morgan fingerprint density at radius 2 is 2.00 bits per heavy atom. The molecule has 1 aromatic carbocycles. The number of rotatable bonds is 4. The van der Waals surface area contributed by atoms with E-state index in [1.807, 2.05) is 18.7 Å². The fourth-order valence-corrected chi connectivity index (χ4v) is 3.70. The Morgan fingerprint density at radius 1 is 1.26 bits per heavy atom. The van der Waals surface area contributed by atoms with Crippen molar-refractivity contribution in [2.24, 2.45) is 0 Å². The van der Waals surface area contributed by atoms with Gasteiger partial charge in [-0.2, -0.15) is 0 Å². The molecule has 2 fully saturated rings. The summed E-state index contributed by atoms with van der Waals surface area (Å²) < 4.78 is 5.79. The largest absolute Gasteiger partial charge is 0.490 e. The molecule has 2 aliphatic rings. The first kappa shape index (κ1) is 16.6. The van der Waals surface area contributed by atoms with Gasteiger partial charge < -0.3 is 9.64 Å². The van der Waals surface area contributed by atoms with Crippen molar-refractivity contribution in [3.8, 4) is 5.75 Å². The van der Waals surface area contributed by atoms with Crippen molar-refractivity contribution in [2.75, 3.05) is 26.2 Å². The Balaban J connectivity index is 1.74. The predicted molar refractivity (Wildman–Crippen MR) is 92.3 cm³/mol. The first-order valence-electron chi connectivity index (χ1n) is 8.54. The van der Waals surface area contributed by atoms with Crippen LogP contribution in [0.1, 0.15) is 43.5 Å². The molecule has 5 heteroatoms. The van der Waals surface area contributed by atoms with Gasteiger partial charge in [-0.25, -0.2) is 0 Å². The highest BCUT2D eigenvalue weighted by Crippen LogP contribution is 2.28. The summed E-state index contributed by atoms with van der Waals surface area (Å²) in [5, 5.41) is 0.569. The third-order valence-electron chi connectivity index (χ3n) is 4.64. The van der Waals surface area contributed by atoms with Gasteiger partial charge in [0.2, 0.25) is 0 Å². The second-order valence-electron chi connectivity index (χ2n) is 6.74. The minimum absolute atomic E-state index is 0.0265. The summed E-state index contributed by atoms with van der Waals surface area (Å²) in [7, 11) is 0. The summed E-state index contributed by atoms with van der Waals surface area (Å²) in [4.78, 5) is 17.4. The number of amides is 1. The fraction of sp³-hybridized carbons (Fsp3) is 0.611. The van der Waals surface area contributed by atoms with Crippen molar-refractivity contribution in [3.05, 3.63) is 28.8 Å². The van der Waals surface area contributed by atoms with Crippen LogP contribution in [-0.4, -0.2) is 54.0 Å². The minimum Gasteiger partial charge on any atom is -0.490 e. The van der Waals surface area contributed by atoms with Crippen LogP contribution in [0.5, 0.6) is 5.75 Å². The molecule has 0 spiro atoms. The molecule has 1 amide bonds. The predicted octanol–water partition coefficient (Wildman–Crippen LogP) is 3.44. The Bertz CT molecular complexity index is 570. The van der Waals surface area contributed by atoms with Crippen LogP contribution in [0.2, 0.25) is 5.02 Å². The van der Waals surface area contributed by atoms with Crippen molar-refractivity contribution in [1.29, 1.82) is 0 Å². The highest BCUT2D eigenvalue weighted by Gasteiger charge is 2.33. The number of carbonyl (C=O) groups is 1. The Kier molecular flexibility index (Phi) is 5.12. The van der Waals surface area contributed by atoms with E-state index in [1.54, 1.807) is 18.2 Å². The van der Waals surface area contributed by atoms with Crippen molar-refractivity contribution in [1.82, 2.24) is 9.80 Å². The standard InChI is InChI=1S/C18H25ClN2O2/c1-13(2)23-17-6-5-14(19)11-16(17)18(22)21-10-7-15(12-21)20-8-3-4-9-20/h5-6,11,13,15H,3-4,7-10,12H2,1-2H3. The summed E-state index contributed by atoms with van der Waals surface area (Å²) in [6.07, 6.45) is 3.65. The van der Waals surface area contributed by atoms with Gasteiger partial charge in [0.1, 0.15) is 5.75 Å². The summed E-state index contributed by atoms with van der Waals surface area (Å²) in [5.74, 6) is 0.656. The highest BCUT2D eigenvalue weighted by atomic mass is 35.5. The van der Waals surface area contributed by atoms with Crippen LogP contribution in [0.4, 0.5) is 0 Å². The summed E-state index contributed by atoms with van der Waals surface area (Å²) in [6.45, 7) is 7.89. The summed E-state index contributed by atoms with van der Waals surface area (Å²) in [6, 6.07) is 5.80. The lowest BCUT2D eigenvalue weighted by atomic mass is 10.1. The average molecular weight is 337 g/mol. The lowest BCUT2D eigenvalue weighted by Gasteiger charge is -2.24. The second-order valence-corrected chi connectivity index (χ2v) is 7.18. The lowest BCUT2D eigenvalue weighted by Crippen LogP contribution is -2.37. The van der Waals surface area contributed by atoms with E-state index in [-0.39, 0.29) is 12.0 Å². The van der Waals surface area contributed by atoms with Crippen molar-refractivity contribution >= 4 is 17.5 Å². The molecule has 2 heterocycles. The van der Waals surface area contributed by atoms with E-state index in [0.29, 0.717) is 22.4 Å². The second kappa shape index (κ2) is 7.10. The minimum atomic E-state index is 0.0265. The molecule has 1 aromatic rings. The molecule has 2 saturated heterocycles. The van der Waals surface area contributed by atoms with E-state index in [9.17, 15) is 4.79 Å². The molecule has 2 aliphatic heterocycles. The van der Waals surface area contributed by atoms with Crippen molar-refractivity contribution < 1.29 is 9.53 Å². The molecule has 4 nitrogen and oxygen atoms in total. The highest BCUT2D eigenvalue weighted by molar-refractivity contribution is 6.31. The number of benzene rings is 1. The van der Waals surface area contributed by atoms with Gasteiger partial charge in [-0.05, 0) is 64.4 Å². The first-order valence-corrected chi connectivity index (χ1v) is 8.92. The van der Waals surface area contributed by atoms with E-state index < -0.39 is 0 Å². The molecule has 3 rings (SSSR count). The first-order chi connectivity index (χ1) is 11.0. The Hall–Kier alpha value is -1.26. The molecule has 23 heavy (non-hydrogen) atoms. The molecule has 0 N–H and O–H groups in total. The number of halogens is 1. The SMILES string of the molecule is CC(C)Oc1ccc(Cl)cc1C(=O)N1CCC(N2CCCC2)C1. The summed E-state index contributed by atoms with van der Waals surface area (Å²) in [5.41, 5.74) is 0.577. The lowest BCUT2D eigenvalue weighted by molar-refractivity contribution is 0.0774. The molecule has 0 saturated carbocycles. The van der Waals surface area contributed by atoms with Gasteiger partial charge in [-0.15, -0.1) is 0 Å². The third-order valence-corrected chi connectivity index (χ3v) is 4.88. The van der Waals surface area contributed by atoms with Gasteiger partial charge in [-0.1, -0.05) is 11.6 Å². The van der Waals surface area contributed by atoms with Gasteiger partial charge in [0.25, 0.3) is 5.91 Å². The zero-order chi connectivity index (χ0) is 16.4. The van der Waals surface area contributed by atoms with Crippen LogP contribution in [0.3, 0.4) is 0 Å². The van der Waals surface area contributed by atoms with Gasteiger partial charge in [0.05, 0.1) is 11.7 Å². The number of ether oxygens (including phenoxy) is 1. The Labute approximate surface area is 143 Å². The van der Waals surface area contributed by atoms with Crippen LogP contribution in [-0.2, 0) is 0 Å². The quantitative estimate of drug-likeness (QED) is 0.844. The summed E-state index contributed by atoms with van der Waals surface area (Å²) >= 11 is 6.10. The number of hydrogen-bond acceptors (Lipinski definition) is 3. The number of carbonyl (C=O) groups excluding carboxylic acids is 1. The molecule has 0 aliphatic carbocycles. The average Bonchev–Trinajstić information content (AvgIpc) is 3.18. The molecule has 0 radical (unpaired) electrons. The van der Waals surface area contributed by atoms with Crippen molar-refractivity contribution in [2.45, 2.75) is 45.3 Å². The van der Waals surface area contributed by atoms with Crippen LogP contribution in [0.25, 0.3) is 0 Å². The molecular weight excluding hydrogens is 312 g/mol. The Morgan fingerprint density at radius 3 is 2.70 bits per heavy atom. The normalized spacial score (nSPS) is 22.1. The number of hydrogen-bond donors (Lipinski definition) is 0. The van der Waals surface area contributed by atoms with E-state index >= 15 is 0 Å². The van der Waals surface area contributed by atoms with Crippen LogP contribution in [0, 0.1) is 0 Å². The van der Waals surface area contributed by atoms with Crippen LogP contribution >= 0.6 is 11.6 Å². The van der Waals surface area contributed by atoms with Gasteiger partial charge in [0.15, 0.2) is 0 Å². The molecule has 1 unspecified atom stereocenters. The van der Waals surface area contributed by atoms with E-state index in [4.69, 9.17) is 16.3 Å². The van der Waals surface area contributed by atoms with E-state index in [2.05, 4.69) is 4.90 Å². The van der Waals surface area contributed by atoms with Gasteiger partial charge >= 0.3 is 0 Å². The third kappa shape index (κ3) is 3.81. The van der Waals surface area contributed by atoms with E-state index in [1.165, 1.54) is 25.9 Å². The molecule has 126 valence electrons. The number of nitrogens with zero attached hydrogens (tertiary/aromatic N) is 2. The van der Waals surface area contributed by atoms with Gasteiger partial charge in [-0.3, -0.25) is 9.69 Å². The van der Waals surface area contributed by atoms with E-state index in [0.717, 1.165) is 19.5 Å². The zero-order valence-electron chi connectivity index (χ0n) is 13.9. The van der Waals surface area contributed by atoms with Crippen LogP contribution in [0.15, 0.2) is 18.2 Å².